The van der Waals surface area contributed by atoms with Gasteiger partial charge in [-0.1, -0.05) is 17.7 Å². The monoisotopic (exact) mass is 267 g/mol. The molecule has 0 saturated heterocycles. The molecular weight excluding hydrogens is 257 g/mol. The van der Waals surface area contributed by atoms with Crippen LogP contribution >= 0.6 is 11.6 Å². The van der Waals surface area contributed by atoms with Crippen LogP contribution < -0.4 is 0 Å². The van der Waals surface area contributed by atoms with E-state index in [1.165, 1.54) is 12.1 Å². The van der Waals surface area contributed by atoms with Crippen molar-refractivity contribution in [2.75, 3.05) is 6.61 Å². The Morgan fingerprint density at radius 2 is 2.22 bits per heavy atom. The summed E-state index contributed by atoms with van der Waals surface area (Å²) >= 11 is 5.97. The Labute approximate surface area is 109 Å². The molecule has 1 aromatic carbocycles. The van der Waals surface area contributed by atoms with Crippen LogP contribution in [0.25, 0.3) is 11.1 Å². The average Bonchev–Trinajstić information content (AvgIpc) is 2.78. The van der Waals surface area contributed by atoms with Gasteiger partial charge in [-0.2, -0.15) is 0 Å². The van der Waals surface area contributed by atoms with Crippen molar-refractivity contribution in [1.29, 1.82) is 0 Å². The highest BCUT2D eigenvalue weighted by atomic mass is 35.5. The van der Waals surface area contributed by atoms with E-state index in [4.69, 9.17) is 16.3 Å². The van der Waals surface area contributed by atoms with Gasteiger partial charge in [-0.25, -0.2) is 9.18 Å². The van der Waals surface area contributed by atoms with Crippen LogP contribution in [0.3, 0.4) is 0 Å². The van der Waals surface area contributed by atoms with Crippen molar-refractivity contribution in [3.8, 4) is 11.1 Å². The molecule has 0 unspecified atom stereocenters. The van der Waals surface area contributed by atoms with Gasteiger partial charge in [0.15, 0.2) is 0 Å². The van der Waals surface area contributed by atoms with Crippen LogP contribution in [0.2, 0.25) is 5.02 Å². The molecule has 94 valence electrons. The minimum atomic E-state index is -0.531. The Morgan fingerprint density at radius 1 is 1.44 bits per heavy atom. The molecule has 0 aliphatic heterocycles. The van der Waals surface area contributed by atoms with Gasteiger partial charge in [0, 0.05) is 17.3 Å². The molecule has 0 bridgehead atoms. The number of hydrogen-bond acceptors (Lipinski definition) is 2. The van der Waals surface area contributed by atoms with Crippen LogP contribution in [0, 0.1) is 5.82 Å². The Morgan fingerprint density at radius 3 is 2.89 bits per heavy atom. The largest absolute Gasteiger partial charge is 0.461 e. The van der Waals surface area contributed by atoms with Gasteiger partial charge in [-0.15, -0.1) is 0 Å². The summed E-state index contributed by atoms with van der Waals surface area (Å²) in [5, 5.41) is 0.250. The van der Waals surface area contributed by atoms with Crippen LogP contribution in [0.5, 0.6) is 0 Å². The second kappa shape index (κ2) is 5.23. The Hall–Kier alpha value is -1.81. The van der Waals surface area contributed by atoms with Gasteiger partial charge in [-0.3, -0.25) is 0 Å². The standard InChI is InChI=1S/C13H11ClFNO2/c1-2-18-13(17)12-8(6-7-16-12)11-9(14)4-3-5-10(11)15/h3-7,16H,2H2,1H3. The average molecular weight is 268 g/mol. The number of carbonyl (C=O) groups excluding carboxylic acids is 1. The highest BCUT2D eigenvalue weighted by Gasteiger charge is 2.19. The molecule has 0 fully saturated rings. The zero-order chi connectivity index (χ0) is 13.1. The van der Waals surface area contributed by atoms with Gasteiger partial charge in [0.1, 0.15) is 11.5 Å². The second-order valence-electron chi connectivity index (χ2n) is 3.58. The molecule has 0 aliphatic rings. The molecule has 0 saturated carbocycles. The van der Waals surface area contributed by atoms with Crippen molar-refractivity contribution in [2.24, 2.45) is 0 Å². The summed E-state index contributed by atoms with van der Waals surface area (Å²) < 4.78 is 18.7. The predicted octanol–water partition coefficient (Wildman–Crippen LogP) is 3.65. The normalized spacial score (nSPS) is 10.4. The third-order valence-electron chi connectivity index (χ3n) is 2.46. The Bertz CT molecular complexity index is 560. The van der Waals surface area contributed by atoms with E-state index in [0.717, 1.165) is 0 Å². The summed E-state index contributed by atoms with van der Waals surface area (Å²) in [5.41, 5.74) is 0.795. The van der Waals surface area contributed by atoms with E-state index in [1.54, 1.807) is 25.3 Å². The Kier molecular flexibility index (Phi) is 3.67. The van der Waals surface area contributed by atoms with Crippen molar-refractivity contribution in [3.63, 3.8) is 0 Å². The zero-order valence-corrected chi connectivity index (χ0v) is 10.4. The first-order chi connectivity index (χ1) is 8.65. The molecule has 0 aliphatic carbocycles. The molecule has 0 spiro atoms. The fraction of sp³-hybridized carbons (Fsp3) is 0.154. The summed E-state index contributed by atoms with van der Waals surface area (Å²) in [6.45, 7) is 1.96. The summed E-state index contributed by atoms with van der Waals surface area (Å²) in [7, 11) is 0. The van der Waals surface area contributed by atoms with Crippen LogP contribution in [-0.4, -0.2) is 17.6 Å². The molecule has 2 aromatic rings. The number of aromatic nitrogens is 1. The molecule has 1 aromatic heterocycles. The highest BCUT2D eigenvalue weighted by molar-refractivity contribution is 6.33. The Balaban J connectivity index is 2.52. The number of hydrogen-bond donors (Lipinski definition) is 1. The van der Waals surface area contributed by atoms with Gasteiger partial charge < -0.3 is 9.72 Å². The van der Waals surface area contributed by atoms with E-state index in [1.807, 2.05) is 0 Å². The van der Waals surface area contributed by atoms with Crippen LogP contribution in [0.1, 0.15) is 17.4 Å². The summed E-state index contributed by atoms with van der Waals surface area (Å²) in [4.78, 5) is 14.4. The van der Waals surface area contributed by atoms with Crippen LogP contribution in [0.4, 0.5) is 4.39 Å². The first kappa shape index (κ1) is 12.6. The number of aromatic amines is 1. The van der Waals surface area contributed by atoms with Crippen molar-refractivity contribution in [1.82, 2.24) is 4.98 Å². The van der Waals surface area contributed by atoms with Gasteiger partial charge >= 0.3 is 5.97 Å². The lowest BCUT2D eigenvalue weighted by atomic mass is 10.1. The zero-order valence-electron chi connectivity index (χ0n) is 9.67. The molecule has 5 heteroatoms. The van der Waals surface area contributed by atoms with E-state index in [2.05, 4.69) is 4.98 Å². The first-order valence-electron chi connectivity index (χ1n) is 5.44. The fourth-order valence-corrected chi connectivity index (χ4v) is 1.97. The lowest BCUT2D eigenvalue weighted by molar-refractivity contribution is 0.0521. The molecule has 0 amide bonds. The van der Waals surface area contributed by atoms with Crippen LogP contribution in [0.15, 0.2) is 30.5 Å². The van der Waals surface area contributed by atoms with Crippen molar-refractivity contribution in [3.05, 3.63) is 47.0 Å². The molecule has 18 heavy (non-hydrogen) atoms. The van der Waals surface area contributed by atoms with E-state index in [9.17, 15) is 9.18 Å². The molecular formula is C13H11ClFNO2. The minimum absolute atomic E-state index is 0.198. The third kappa shape index (κ3) is 2.24. The van der Waals surface area contributed by atoms with Crippen LogP contribution in [-0.2, 0) is 4.74 Å². The maximum absolute atomic E-state index is 13.8. The topological polar surface area (TPSA) is 42.1 Å². The minimum Gasteiger partial charge on any atom is -0.461 e. The predicted molar refractivity (Wildman–Crippen MR) is 67.2 cm³/mol. The molecule has 3 nitrogen and oxygen atoms in total. The molecule has 0 radical (unpaired) electrons. The summed E-state index contributed by atoms with van der Waals surface area (Å²) in [6, 6.07) is 5.97. The molecule has 0 atom stereocenters. The van der Waals surface area contributed by atoms with Gasteiger partial charge in [-0.05, 0) is 25.1 Å². The van der Waals surface area contributed by atoms with Gasteiger partial charge in [0.2, 0.25) is 0 Å². The van der Waals surface area contributed by atoms with Crippen molar-refractivity contribution in [2.45, 2.75) is 6.92 Å². The lowest BCUT2D eigenvalue weighted by Crippen LogP contribution is -2.06. The first-order valence-corrected chi connectivity index (χ1v) is 5.81. The maximum Gasteiger partial charge on any atom is 0.355 e. The van der Waals surface area contributed by atoms with Gasteiger partial charge in [0.25, 0.3) is 0 Å². The van der Waals surface area contributed by atoms with Crippen molar-refractivity contribution >= 4 is 17.6 Å². The highest BCUT2D eigenvalue weighted by Crippen LogP contribution is 2.32. The van der Waals surface area contributed by atoms with E-state index >= 15 is 0 Å². The molecule has 1 N–H and O–H groups in total. The second-order valence-corrected chi connectivity index (χ2v) is 3.99. The smallest absolute Gasteiger partial charge is 0.355 e. The van der Waals surface area contributed by atoms with E-state index < -0.39 is 11.8 Å². The maximum atomic E-state index is 13.8. The third-order valence-corrected chi connectivity index (χ3v) is 2.77. The lowest BCUT2D eigenvalue weighted by Gasteiger charge is -2.07. The summed E-state index contributed by atoms with van der Waals surface area (Å²) in [6.07, 6.45) is 1.55. The molecule has 1 heterocycles. The van der Waals surface area contributed by atoms with E-state index in [-0.39, 0.29) is 22.9 Å². The number of halogens is 2. The number of ether oxygens (including phenoxy) is 1. The summed E-state index contributed by atoms with van der Waals surface area (Å²) in [5.74, 6) is -1.01. The number of benzene rings is 1. The number of esters is 1. The number of carbonyl (C=O) groups is 1. The number of rotatable bonds is 3. The van der Waals surface area contributed by atoms with E-state index in [0.29, 0.717) is 5.56 Å². The number of nitrogens with one attached hydrogen (secondary N) is 1. The SMILES string of the molecule is CCOC(=O)c1[nH]ccc1-c1c(F)cccc1Cl. The quantitative estimate of drug-likeness (QED) is 0.863. The molecule has 2 rings (SSSR count). The van der Waals surface area contributed by atoms with Crippen molar-refractivity contribution < 1.29 is 13.9 Å². The van der Waals surface area contributed by atoms with Gasteiger partial charge in [0.05, 0.1) is 11.6 Å². The fourth-order valence-electron chi connectivity index (χ4n) is 1.71. The number of H-pyrrole nitrogens is 1.